The van der Waals surface area contributed by atoms with Crippen molar-refractivity contribution >= 4 is 17.2 Å². The van der Waals surface area contributed by atoms with Gasteiger partial charge in [0.1, 0.15) is 0 Å². The second-order valence-electron chi connectivity index (χ2n) is 6.01. The Hall–Kier alpha value is -1.15. The van der Waals surface area contributed by atoms with Gasteiger partial charge >= 0.3 is 6.18 Å². The van der Waals surface area contributed by atoms with Gasteiger partial charge in [-0.3, -0.25) is 4.79 Å². The molecule has 2 N–H and O–H groups in total. The Labute approximate surface area is 137 Å². The van der Waals surface area contributed by atoms with E-state index in [0.29, 0.717) is 36.2 Å². The van der Waals surface area contributed by atoms with Gasteiger partial charge in [0.15, 0.2) is 5.69 Å². The predicted octanol–water partition coefficient (Wildman–Crippen LogP) is 2.85. The first-order chi connectivity index (χ1) is 10.9. The van der Waals surface area contributed by atoms with Gasteiger partial charge in [-0.2, -0.15) is 13.2 Å². The Morgan fingerprint density at radius 2 is 2.35 bits per heavy atom. The monoisotopic (exact) mass is 349 g/mol. The zero-order valence-electron chi connectivity index (χ0n) is 13.1. The maximum atomic E-state index is 12.4. The van der Waals surface area contributed by atoms with Crippen LogP contribution in [-0.4, -0.2) is 30.5 Å². The molecule has 2 unspecified atom stereocenters. The number of amides is 1. The molecule has 0 aromatic carbocycles. The SMILES string of the molecule is CC(CC(=O)NCCc1nc(C(F)(F)F)cs1)C1CCCNC1. The summed E-state index contributed by atoms with van der Waals surface area (Å²) >= 11 is 0.974. The van der Waals surface area contributed by atoms with Crippen molar-refractivity contribution < 1.29 is 18.0 Å². The first-order valence-electron chi connectivity index (χ1n) is 7.85. The fourth-order valence-corrected chi connectivity index (χ4v) is 3.57. The highest BCUT2D eigenvalue weighted by Gasteiger charge is 2.33. The van der Waals surface area contributed by atoms with Crippen molar-refractivity contribution in [2.45, 2.75) is 38.8 Å². The largest absolute Gasteiger partial charge is 0.434 e. The van der Waals surface area contributed by atoms with E-state index in [4.69, 9.17) is 0 Å². The molecule has 1 fully saturated rings. The van der Waals surface area contributed by atoms with Crippen molar-refractivity contribution in [2.75, 3.05) is 19.6 Å². The first-order valence-corrected chi connectivity index (χ1v) is 8.73. The molecule has 1 aliphatic rings. The molecule has 2 atom stereocenters. The van der Waals surface area contributed by atoms with Crippen LogP contribution in [0.5, 0.6) is 0 Å². The van der Waals surface area contributed by atoms with E-state index in [1.165, 1.54) is 0 Å². The number of alkyl halides is 3. The minimum atomic E-state index is -4.40. The average molecular weight is 349 g/mol. The zero-order valence-corrected chi connectivity index (χ0v) is 13.9. The molecular weight excluding hydrogens is 327 g/mol. The summed E-state index contributed by atoms with van der Waals surface area (Å²) in [6.45, 7) is 4.39. The number of carbonyl (C=O) groups excluding carboxylic acids is 1. The van der Waals surface area contributed by atoms with Crippen LogP contribution in [0.25, 0.3) is 0 Å². The van der Waals surface area contributed by atoms with Gasteiger partial charge in [-0.05, 0) is 37.8 Å². The van der Waals surface area contributed by atoms with Crippen LogP contribution >= 0.6 is 11.3 Å². The van der Waals surface area contributed by atoms with E-state index in [9.17, 15) is 18.0 Å². The molecule has 2 heterocycles. The molecule has 130 valence electrons. The minimum Gasteiger partial charge on any atom is -0.356 e. The van der Waals surface area contributed by atoms with E-state index in [2.05, 4.69) is 22.5 Å². The number of rotatable bonds is 6. The summed E-state index contributed by atoms with van der Waals surface area (Å²) in [6.07, 6.45) is -1.34. The number of nitrogens with zero attached hydrogens (tertiary/aromatic N) is 1. The average Bonchev–Trinajstić information content (AvgIpc) is 2.97. The highest BCUT2D eigenvalue weighted by atomic mass is 32.1. The number of nitrogens with one attached hydrogen (secondary N) is 2. The molecule has 23 heavy (non-hydrogen) atoms. The fraction of sp³-hybridized carbons (Fsp3) is 0.733. The van der Waals surface area contributed by atoms with Crippen LogP contribution in [0.2, 0.25) is 0 Å². The van der Waals surface area contributed by atoms with Crippen molar-refractivity contribution in [2.24, 2.45) is 11.8 Å². The summed E-state index contributed by atoms with van der Waals surface area (Å²) in [6, 6.07) is 0. The Bertz CT molecular complexity index is 512. The lowest BCUT2D eigenvalue weighted by Crippen LogP contribution is -2.36. The summed E-state index contributed by atoms with van der Waals surface area (Å²) in [5.41, 5.74) is -0.859. The lowest BCUT2D eigenvalue weighted by atomic mass is 9.85. The normalized spacial score (nSPS) is 20.3. The predicted molar refractivity (Wildman–Crippen MR) is 83.2 cm³/mol. The van der Waals surface area contributed by atoms with E-state index < -0.39 is 11.9 Å². The van der Waals surface area contributed by atoms with Gasteiger partial charge in [-0.1, -0.05) is 6.92 Å². The van der Waals surface area contributed by atoms with Crippen LogP contribution < -0.4 is 10.6 Å². The standard InChI is InChI=1S/C15H22F3N3OS/c1-10(11-3-2-5-19-8-11)7-13(22)20-6-4-14-21-12(9-23-14)15(16,17)18/h9-11,19H,2-8H2,1H3,(H,20,22). The molecule has 1 aromatic rings. The Kier molecular flexibility index (Phi) is 6.41. The second-order valence-corrected chi connectivity index (χ2v) is 6.95. The molecule has 1 saturated heterocycles. The van der Waals surface area contributed by atoms with Gasteiger partial charge in [0.05, 0.1) is 5.01 Å². The number of thiazole rings is 1. The van der Waals surface area contributed by atoms with Gasteiger partial charge in [-0.25, -0.2) is 4.98 Å². The van der Waals surface area contributed by atoms with Crippen molar-refractivity contribution in [1.29, 1.82) is 0 Å². The summed E-state index contributed by atoms with van der Waals surface area (Å²) < 4.78 is 37.3. The van der Waals surface area contributed by atoms with Crippen molar-refractivity contribution in [3.8, 4) is 0 Å². The molecule has 2 rings (SSSR count). The first kappa shape index (κ1) is 18.2. The van der Waals surface area contributed by atoms with Gasteiger partial charge in [-0.15, -0.1) is 11.3 Å². The Balaban J connectivity index is 1.69. The highest BCUT2D eigenvalue weighted by molar-refractivity contribution is 7.09. The van der Waals surface area contributed by atoms with E-state index >= 15 is 0 Å². The third-order valence-electron chi connectivity index (χ3n) is 4.15. The number of piperidine rings is 1. The van der Waals surface area contributed by atoms with Crippen molar-refractivity contribution in [3.05, 3.63) is 16.1 Å². The fourth-order valence-electron chi connectivity index (χ4n) is 2.76. The molecule has 0 spiro atoms. The van der Waals surface area contributed by atoms with Gasteiger partial charge in [0, 0.05) is 24.8 Å². The molecule has 0 saturated carbocycles. The molecule has 1 aromatic heterocycles. The van der Waals surface area contributed by atoms with Crippen LogP contribution in [0.1, 0.15) is 36.9 Å². The zero-order chi connectivity index (χ0) is 16.9. The van der Waals surface area contributed by atoms with Crippen LogP contribution in [0, 0.1) is 11.8 Å². The van der Waals surface area contributed by atoms with Crippen molar-refractivity contribution in [1.82, 2.24) is 15.6 Å². The van der Waals surface area contributed by atoms with E-state index in [1.54, 1.807) is 0 Å². The second kappa shape index (κ2) is 8.10. The summed E-state index contributed by atoms with van der Waals surface area (Å²) in [5.74, 6) is 0.776. The molecular formula is C15H22F3N3OS. The molecule has 1 aliphatic heterocycles. The highest BCUT2D eigenvalue weighted by Crippen LogP contribution is 2.30. The van der Waals surface area contributed by atoms with E-state index in [0.717, 1.165) is 42.6 Å². The summed E-state index contributed by atoms with van der Waals surface area (Å²) in [7, 11) is 0. The van der Waals surface area contributed by atoms with E-state index in [-0.39, 0.29) is 5.91 Å². The molecule has 4 nitrogen and oxygen atoms in total. The van der Waals surface area contributed by atoms with Crippen LogP contribution in [-0.2, 0) is 17.4 Å². The Morgan fingerprint density at radius 3 is 2.96 bits per heavy atom. The summed E-state index contributed by atoms with van der Waals surface area (Å²) in [5, 5.41) is 7.51. The molecule has 0 radical (unpaired) electrons. The van der Waals surface area contributed by atoms with Gasteiger partial charge < -0.3 is 10.6 Å². The lowest BCUT2D eigenvalue weighted by Gasteiger charge is -2.28. The molecule has 8 heteroatoms. The quantitative estimate of drug-likeness (QED) is 0.830. The molecule has 1 amide bonds. The molecule has 0 aliphatic carbocycles. The maximum absolute atomic E-state index is 12.4. The number of carbonyl (C=O) groups is 1. The summed E-state index contributed by atoms with van der Waals surface area (Å²) in [4.78, 5) is 15.5. The number of aromatic nitrogens is 1. The smallest absolute Gasteiger partial charge is 0.356 e. The van der Waals surface area contributed by atoms with Crippen LogP contribution in [0.3, 0.4) is 0 Å². The maximum Gasteiger partial charge on any atom is 0.434 e. The third kappa shape index (κ3) is 5.76. The number of halogens is 3. The van der Waals surface area contributed by atoms with Gasteiger partial charge in [0.2, 0.25) is 5.91 Å². The van der Waals surface area contributed by atoms with Gasteiger partial charge in [0.25, 0.3) is 0 Å². The topological polar surface area (TPSA) is 54.0 Å². The number of hydrogen-bond donors (Lipinski definition) is 2. The van der Waals surface area contributed by atoms with E-state index in [1.807, 2.05) is 0 Å². The van der Waals surface area contributed by atoms with Crippen LogP contribution in [0.4, 0.5) is 13.2 Å². The minimum absolute atomic E-state index is 0.0457. The lowest BCUT2D eigenvalue weighted by molar-refractivity contribution is -0.140. The third-order valence-corrected chi connectivity index (χ3v) is 5.06. The van der Waals surface area contributed by atoms with Crippen LogP contribution in [0.15, 0.2) is 5.38 Å². The van der Waals surface area contributed by atoms with Crippen molar-refractivity contribution in [3.63, 3.8) is 0 Å². The Morgan fingerprint density at radius 1 is 1.57 bits per heavy atom. The number of hydrogen-bond acceptors (Lipinski definition) is 4. The molecule has 0 bridgehead atoms.